The number of aliphatic carboxylic acids is 1. The van der Waals surface area contributed by atoms with Crippen LogP contribution < -0.4 is 5.32 Å². The summed E-state index contributed by atoms with van der Waals surface area (Å²) in [5.41, 5.74) is -0.0606. The Morgan fingerprint density at radius 3 is 2.81 bits per heavy atom. The van der Waals surface area contributed by atoms with Crippen LogP contribution in [0.5, 0.6) is 0 Å². The summed E-state index contributed by atoms with van der Waals surface area (Å²) in [4.78, 5) is 26.3. The summed E-state index contributed by atoms with van der Waals surface area (Å²) >= 11 is 1.61. The van der Waals surface area contributed by atoms with Gasteiger partial charge in [0.1, 0.15) is 0 Å². The predicted molar refractivity (Wildman–Crippen MR) is 83.8 cm³/mol. The molecule has 0 radical (unpaired) electrons. The number of rotatable bonds is 4. The Labute approximate surface area is 128 Å². The number of nitrogens with one attached hydrogen (secondary N) is 1. The van der Waals surface area contributed by atoms with Gasteiger partial charge in [-0.1, -0.05) is 13.0 Å². The zero-order chi connectivity index (χ0) is 15.5. The maximum Gasteiger partial charge on any atom is 0.321 e. The third kappa shape index (κ3) is 3.32. The minimum Gasteiger partial charge on any atom is -0.481 e. The van der Waals surface area contributed by atoms with E-state index in [9.17, 15) is 14.7 Å². The van der Waals surface area contributed by atoms with E-state index in [1.807, 2.05) is 37.4 Å². The fraction of sp³-hybridized carbons (Fsp3) is 0.467. The Morgan fingerprint density at radius 1 is 1.48 bits per heavy atom. The number of carboxylic acid groups (broad SMARTS) is 1. The lowest BCUT2D eigenvalue weighted by Gasteiger charge is -2.23. The molecule has 2 N–H and O–H groups in total. The summed E-state index contributed by atoms with van der Waals surface area (Å²) in [7, 11) is 0. The number of carbonyl (C=O) groups is 2. The van der Waals surface area contributed by atoms with E-state index >= 15 is 0 Å². The van der Waals surface area contributed by atoms with Gasteiger partial charge in [0.15, 0.2) is 0 Å². The van der Waals surface area contributed by atoms with Crippen molar-refractivity contribution in [1.82, 2.24) is 4.90 Å². The van der Waals surface area contributed by atoms with Gasteiger partial charge in [0.2, 0.25) is 0 Å². The second-order valence-electron chi connectivity index (χ2n) is 5.27. The van der Waals surface area contributed by atoms with Crippen LogP contribution in [0.3, 0.4) is 0 Å². The first-order valence-electron chi connectivity index (χ1n) is 6.94. The second kappa shape index (κ2) is 6.39. The number of hydrogen-bond acceptors (Lipinski definition) is 3. The zero-order valence-corrected chi connectivity index (χ0v) is 13.1. The van der Waals surface area contributed by atoms with Crippen molar-refractivity contribution in [2.45, 2.75) is 24.7 Å². The summed E-state index contributed by atoms with van der Waals surface area (Å²) in [5.74, 6) is -0.815. The van der Waals surface area contributed by atoms with Crippen LogP contribution in [0.2, 0.25) is 0 Å². The third-order valence-electron chi connectivity index (χ3n) is 4.09. The van der Waals surface area contributed by atoms with E-state index in [-0.39, 0.29) is 12.6 Å². The molecule has 5 nitrogen and oxygen atoms in total. The number of thioether (sulfide) groups is 1. The molecule has 0 aliphatic carbocycles. The van der Waals surface area contributed by atoms with E-state index < -0.39 is 11.4 Å². The summed E-state index contributed by atoms with van der Waals surface area (Å²) in [6.45, 7) is 2.61. The molecule has 114 valence electrons. The molecule has 1 saturated heterocycles. The maximum atomic E-state index is 12.3. The van der Waals surface area contributed by atoms with E-state index in [4.69, 9.17) is 0 Å². The van der Waals surface area contributed by atoms with Gasteiger partial charge in [-0.2, -0.15) is 0 Å². The summed E-state index contributed by atoms with van der Waals surface area (Å²) in [6.07, 6.45) is 3.02. The number of amides is 2. The van der Waals surface area contributed by atoms with Crippen molar-refractivity contribution in [3.8, 4) is 0 Å². The molecule has 21 heavy (non-hydrogen) atoms. The molecule has 0 aromatic heterocycles. The first-order chi connectivity index (χ1) is 10.0. The Balaban J connectivity index is 2.03. The van der Waals surface area contributed by atoms with Gasteiger partial charge in [0, 0.05) is 23.7 Å². The highest BCUT2D eigenvalue weighted by Crippen LogP contribution is 2.34. The van der Waals surface area contributed by atoms with Crippen molar-refractivity contribution in [1.29, 1.82) is 0 Å². The molecule has 0 spiro atoms. The van der Waals surface area contributed by atoms with Crippen molar-refractivity contribution in [3.05, 3.63) is 24.3 Å². The fourth-order valence-corrected chi connectivity index (χ4v) is 3.02. The number of carbonyl (C=O) groups excluding carboxylic acids is 1. The molecule has 6 heteroatoms. The minimum absolute atomic E-state index is 0.232. The summed E-state index contributed by atoms with van der Waals surface area (Å²) < 4.78 is 0. The van der Waals surface area contributed by atoms with Crippen LogP contribution >= 0.6 is 11.8 Å². The van der Waals surface area contributed by atoms with Crippen LogP contribution in [0.1, 0.15) is 19.8 Å². The van der Waals surface area contributed by atoms with Crippen molar-refractivity contribution >= 4 is 29.4 Å². The Bertz CT molecular complexity index is 549. The van der Waals surface area contributed by atoms with Gasteiger partial charge in [-0.3, -0.25) is 4.79 Å². The van der Waals surface area contributed by atoms with Crippen LogP contribution in [0.25, 0.3) is 0 Å². The lowest BCUT2D eigenvalue weighted by molar-refractivity contribution is -0.148. The van der Waals surface area contributed by atoms with Crippen molar-refractivity contribution < 1.29 is 14.7 Å². The van der Waals surface area contributed by atoms with E-state index in [1.54, 1.807) is 16.7 Å². The standard InChI is InChI=1S/C15H20N2O3S/c1-3-15(13(18)19)7-8-17(10-15)14(20)16-11-5-4-6-12(9-11)21-2/h4-6,9H,3,7-8,10H2,1-2H3,(H,16,20)(H,18,19). The number of anilines is 1. The molecule has 2 amide bonds. The summed E-state index contributed by atoms with van der Waals surface area (Å²) in [5, 5.41) is 12.2. The normalized spacial score (nSPS) is 21.3. The highest BCUT2D eigenvalue weighted by atomic mass is 32.2. The Hall–Kier alpha value is -1.69. The van der Waals surface area contributed by atoms with Crippen LogP contribution in [-0.2, 0) is 4.79 Å². The fourth-order valence-electron chi connectivity index (χ4n) is 2.56. The minimum atomic E-state index is -0.815. The van der Waals surface area contributed by atoms with E-state index in [2.05, 4.69) is 5.32 Å². The highest BCUT2D eigenvalue weighted by molar-refractivity contribution is 7.98. The molecule has 0 bridgehead atoms. The topological polar surface area (TPSA) is 69.6 Å². The van der Waals surface area contributed by atoms with Crippen molar-refractivity contribution in [3.63, 3.8) is 0 Å². The number of benzene rings is 1. The smallest absolute Gasteiger partial charge is 0.321 e. The van der Waals surface area contributed by atoms with Gasteiger partial charge in [-0.25, -0.2) is 4.79 Å². The first-order valence-corrected chi connectivity index (χ1v) is 8.16. The number of hydrogen-bond donors (Lipinski definition) is 2. The molecule has 1 aliphatic heterocycles. The average Bonchev–Trinajstić information content (AvgIpc) is 2.93. The highest BCUT2D eigenvalue weighted by Gasteiger charge is 2.44. The molecule has 0 saturated carbocycles. The Kier molecular flexibility index (Phi) is 4.77. The molecule has 2 rings (SSSR count). The van der Waals surface area contributed by atoms with Crippen molar-refractivity contribution in [2.24, 2.45) is 5.41 Å². The van der Waals surface area contributed by atoms with E-state index in [1.165, 1.54) is 0 Å². The second-order valence-corrected chi connectivity index (χ2v) is 6.15. The summed E-state index contributed by atoms with van der Waals surface area (Å²) in [6, 6.07) is 7.37. The maximum absolute atomic E-state index is 12.3. The number of nitrogens with zero attached hydrogens (tertiary/aromatic N) is 1. The monoisotopic (exact) mass is 308 g/mol. The molecule has 1 aliphatic rings. The zero-order valence-electron chi connectivity index (χ0n) is 12.3. The average molecular weight is 308 g/mol. The van der Waals surface area contributed by atoms with Gasteiger partial charge in [-0.05, 0) is 37.3 Å². The van der Waals surface area contributed by atoms with Crippen LogP contribution in [0, 0.1) is 5.41 Å². The number of likely N-dealkylation sites (tertiary alicyclic amines) is 1. The Morgan fingerprint density at radius 2 is 2.24 bits per heavy atom. The molecule has 1 unspecified atom stereocenters. The van der Waals surface area contributed by atoms with Crippen LogP contribution in [-0.4, -0.2) is 41.4 Å². The molecule has 1 fully saturated rings. The molecule has 1 aromatic carbocycles. The largest absolute Gasteiger partial charge is 0.481 e. The van der Waals surface area contributed by atoms with Gasteiger partial charge >= 0.3 is 12.0 Å². The predicted octanol–water partition coefficient (Wildman–Crippen LogP) is 3.13. The van der Waals surface area contributed by atoms with Crippen LogP contribution in [0.15, 0.2) is 29.2 Å². The molecular formula is C15H20N2O3S. The van der Waals surface area contributed by atoms with Gasteiger partial charge < -0.3 is 15.3 Å². The van der Waals surface area contributed by atoms with Crippen LogP contribution in [0.4, 0.5) is 10.5 Å². The van der Waals surface area contributed by atoms with Gasteiger partial charge in [0.05, 0.1) is 5.41 Å². The quantitative estimate of drug-likeness (QED) is 0.838. The van der Waals surface area contributed by atoms with E-state index in [0.717, 1.165) is 10.6 Å². The van der Waals surface area contributed by atoms with E-state index in [0.29, 0.717) is 19.4 Å². The molecule has 1 aromatic rings. The molecule has 1 heterocycles. The lowest BCUT2D eigenvalue weighted by Crippen LogP contribution is -2.38. The van der Waals surface area contributed by atoms with Gasteiger partial charge in [0.25, 0.3) is 0 Å². The SMILES string of the molecule is CCC1(C(=O)O)CCN(C(=O)Nc2cccc(SC)c2)C1. The van der Waals surface area contributed by atoms with Crippen molar-refractivity contribution in [2.75, 3.05) is 24.7 Å². The molecular weight excluding hydrogens is 288 g/mol. The third-order valence-corrected chi connectivity index (χ3v) is 4.82. The first kappa shape index (κ1) is 15.7. The molecule has 1 atom stereocenters. The lowest BCUT2D eigenvalue weighted by atomic mass is 9.84. The number of urea groups is 1. The van der Waals surface area contributed by atoms with Gasteiger partial charge in [-0.15, -0.1) is 11.8 Å². The number of carboxylic acids is 1.